The molecule has 1 aliphatic rings. The molecule has 0 N–H and O–H groups in total. The fourth-order valence-electron chi connectivity index (χ4n) is 2.27. The maximum atomic E-state index is 13.6. The highest BCUT2D eigenvalue weighted by Crippen LogP contribution is 2.54. The minimum absolute atomic E-state index is 0.149. The Morgan fingerprint density at radius 3 is 1.96 bits per heavy atom. The maximum Gasteiger partial charge on any atom is 0.460 e. The van der Waals surface area contributed by atoms with Gasteiger partial charge in [-0.05, 0) is 12.1 Å². The third kappa shape index (κ3) is 3.28. The Labute approximate surface area is 140 Å². The molecule has 1 unspecified atom stereocenters. The number of benzene rings is 1. The summed E-state index contributed by atoms with van der Waals surface area (Å²) < 4.78 is 120. The molecule has 0 bridgehead atoms. The van der Waals surface area contributed by atoms with Gasteiger partial charge in [-0.25, -0.2) is 4.79 Å². The summed E-state index contributed by atoms with van der Waals surface area (Å²) in [7, 11) is 0. The third-order valence-corrected chi connectivity index (χ3v) is 3.64. The zero-order valence-electron chi connectivity index (χ0n) is 12.5. The van der Waals surface area contributed by atoms with Crippen molar-refractivity contribution >= 4 is 11.8 Å². The van der Waals surface area contributed by atoms with Gasteiger partial charge in [0.25, 0.3) is 0 Å². The number of alkyl halides is 9. The lowest BCUT2D eigenvalue weighted by Gasteiger charge is -2.34. The number of cyclic esters (lactones) is 1. The monoisotopic (exact) mass is 395 g/mol. The van der Waals surface area contributed by atoms with Crippen LogP contribution in [0.1, 0.15) is 6.42 Å². The number of para-hydroxylation sites is 1. The highest BCUT2D eigenvalue weighted by molar-refractivity contribution is 5.89. The van der Waals surface area contributed by atoms with Crippen molar-refractivity contribution in [2.75, 3.05) is 11.4 Å². The molecule has 1 amide bonds. The van der Waals surface area contributed by atoms with E-state index in [4.69, 9.17) is 0 Å². The lowest BCUT2D eigenvalue weighted by molar-refractivity contribution is -0.397. The SMILES string of the molecule is O=C1OC(CC(F)(F)C(F)(F)C(F)(F)C(F)(F)F)CN1c1ccccc1. The zero-order valence-corrected chi connectivity index (χ0v) is 12.5. The Bertz CT molecular complexity index is 660. The molecule has 146 valence electrons. The number of nitrogens with zero attached hydrogens (tertiary/aromatic N) is 1. The van der Waals surface area contributed by atoms with Gasteiger partial charge in [0.15, 0.2) is 0 Å². The van der Waals surface area contributed by atoms with Gasteiger partial charge in [-0.2, -0.15) is 39.5 Å². The number of carbonyl (C=O) groups excluding carboxylic acids is 1. The van der Waals surface area contributed by atoms with Gasteiger partial charge in [0.1, 0.15) is 6.10 Å². The van der Waals surface area contributed by atoms with E-state index >= 15 is 0 Å². The number of hydrogen-bond donors (Lipinski definition) is 0. The van der Waals surface area contributed by atoms with E-state index in [1.54, 1.807) is 6.07 Å². The van der Waals surface area contributed by atoms with Gasteiger partial charge in [-0.1, -0.05) is 18.2 Å². The highest BCUT2D eigenvalue weighted by Gasteiger charge is 2.81. The quantitative estimate of drug-likeness (QED) is 0.666. The Morgan fingerprint density at radius 2 is 1.46 bits per heavy atom. The summed E-state index contributed by atoms with van der Waals surface area (Å²) in [6.07, 6.45) is -12.3. The number of ether oxygens (including phenoxy) is 1. The molecule has 1 saturated heterocycles. The molecule has 0 aromatic heterocycles. The molecule has 0 spiro atoms. The first kappa shape index (κ1) is 20.2. The number of halogens is 9. The Hall–Kier alpha value is -2.14. The first-order valence-corrected chi connectivity index (χ1v) is 6.94. The lowest BCUT2D eigenvalue weighted by atomic mass is 9.98. The molecule has 1 aromatic carbocycles. The number of anilines is 1. The largest absolute Gasteiger partial charge is 0.460 e. The van der Waals surface area contributed by atoms with Crippen LogP contribution in [0, 0.1) is 0 Å². The molecule has 1 heterocycles. The van der Waals surface area contributed by atoms with E-state index in [1.807, 2.05) is 0 Å². The van der Waals surface area contributed by atoms with Crippen LogP contribution < -0.4 is 4.90 Å². The smallest absolute Gasteiger partial charge is 0.444 e. The molecule has 12 heteroatoms. The van der Waals surface area contributed by atoms with Gasteiger partial charge in [-0.15, -0.1) is 0 Å². The summed E-state index contributed by atoms with van der Waals surface area (Å²) >= 11 is 0. The normalized spacial score (nSPS) is 19.7. The minimum Gasteiger partial charge on any atom is -0.444 e. The van der Waals surface area contributed by atoms with E-state index in [9.17, 15) is 44.3 Å². The lowest BCUT2D eigenvalue weighted by Crippen LogP contribution is -2.61. The molecular weight excluding hydrogens is 385 g/mol. The molecule has 0 aliphatic carbocycles. The van der Waals surface area contributed by atoms with Crippen LogP contribution in [0.5, 0.6) is 0 Å². The zero-order chi connectivity index (χ0) is 20.0. The van der Waals surface area contributed by atoms with Crippen LogP contribution in [-0.4, -0.2) is 42.7 Å². The molecule has 2 rings (SSSR count). The summed E-state index contributed by atoms with van der Waals surface area (Å²) in [4.78, 5) is 12.4. The van der Waals surface area contributed by atoms with E-state index in [0.29, 0.717) is 0 Å². The van der Waals surface area contributed by atoms with Crippen molar-refractivity contribution in [2.45, 2.75) is 36.5 Å². The average molecular weight is 395 g/mol. The molecular formula is C14H10F9NO2. The second-order valence-electron chi connectivity index (χ2n) is 5.51. The van der Waals surface area contributed by atoms with E-state index in [-0.39, 0.29) is 5.69 Å². The van der Waals surface area contributed by atoms with E-state index in [2.05, 4.69) is 4.74 Å². The van der Waals surface area contributed by atoms with E-state index < -0.39 is 49.1 Å². The fourth-order valence-corrected chi connectivity index (χ4v) is 2.27. The first-order valence-electron chi connectivity index (χ1n) is 6.94. The van der Waals surface area contributed by atoms with Gasteiger partial charge >= 0.3 is 30.0 Å². The Kier molecular flexibility index (Phi) is 4.84. The fraction of sp³-hybridized carbons (Fsp3) is 0.500. The third-order valence-electron chi connectivity index (χ3n) is 3.64. The molecule has 1 fully saturated rings. The number of rotatable bonds is 5. The van der Waals surface area contributed by atoms with Crippen molar-refractivity contribution in [1.82, 2.24) is 0 Å². The highest BCUT2D eigenvalue weighted by atomic mass is 19.4. The summed E-state index contributed by atoms with van der Waals surface area (Å²) in [5.41, 5.74) is 0.149. The minimum atomic E-state index is -6.97. The van der Waals surface area contributed by atoms with Gasteiger partial charge in [0, 0.05) is 5.69 Å². The first-order chi connectivity index (χ1) is 11.7. The van der Waals surface area contributed by atoms with Crippen molar-refractivity contribution in [3.63, 3.8) is 0 Å². The van der Waals surface area contributed by atoms with Gasteiger partial charge in [0.05, 0.1) is 13.0 Å². The van der Waals surface area contributed by atoms with Crippen molar-refractivity contribution in [1.29, 1.82) is 0 Å². The van der Waals surface area contributed by atoms with Crippen LogP contribution in [0.2, 0.25) is 0 Å². The standard InChI is InChI=1S/C14H10F9NO2/c15-11(16,12(17,18)13(19,20)14(21,22)23)6-9-7-24(10(25)26-9)8-4-2-1-3-5-8/h1-5,9H,6-7H2. The van der Waals surface area contributed by atoms with Crippen molar-refractivity contribution < 1.29 is 49.0 Å². The molecule has 3 nitrogen and oxygen atoms in total. The summed E-state index contributed by atoms with van der Waals surface area (Å²) in [6.45, 7) is -0.716. The van der Waals surface area contributed by atoms with Gasteiger partial charge in [0.2, 0.25) is 0 Å². The summed E-state index contributed by atoms with van der Waals surface area (Å²) in [5.74, 6) is -19.5. The van der Waals surface area contributed by atoms with Crippen LogP contribution in [0.3, 0.4) is 0 Å². The number of hydrogen-bond acceptors (Lipinski definition) is 2. The van der Waals surface area contributed by atoms with Crippen LogP contribution in [0.15, 0.2) is 30.3 Å². The molecule has 0 radical (unpaired) electrons. The second kappa shape index (κ2) is 6.23. The molecule has 0 saturated carbocycles. The molecule has 1 aromatic rings. The van der Waals surface area contributed by atoms with Crippen LogP contribution in [0.4, 0.5) is 50.0 Å². The number of amides is 1. The summed E-state index contributed by atoms with van der Waals surface area (Å²) in [5, 5.41) is 0. The number of carbonyl (C=O) groups is 1. The van der Waals surface area contributed by atoms with Crippen LogP contribution in [-0.2, 0) is 4.74 Å². The predicted molar refractivity (Wildman–Crippen MR) is 69.6 cm³/mol. The van der Waals surface area contributed by atoms with Crippen molar-refractivity contribution in [3.05, 3.63) is 30.3 Å². The average Bonchev–Trinajstić information content (AvgIpc) is 2.86. The van der Waals surface area contributed by atoms with Gasteiger partial charge < -0.3 is 4.74 Å². The van der Waals surface area contributed by atoms with Crippen molar-refractivity contribution in [2.24, 2.45) is 0 Å². The van der Waals surface area contributed by atoms with Crippen LogP contribution >= 0.6 is 0 Å². The van der Waals surface area contributed by atoms with E-state index in [1.165, 1.54) is 24.3 Å². The molecule has 1 atom stereocenters. The topological polar surface area (TPSA) is 29.5 Å². The van der Waals surface area contributed by atoms with Crippen LogP contribution in [0.25, 0.3) is 0 Å². The Balaban J connectivity index is 2.18. The van der Waals surface area contributed by atoms with E-state index in [0.717, 1.165) is 4.90 Å². The predicted octanol–water partition coefficient (Wildman–Crippen LogP) is 4.87. The van der Waals surface area contributed by atoms with Crippen molar-refractivity contribution in [3.8, 4) is 0 Å². The molecule has 26 heavy (non-hydrogen) atoms. The van der Waals surface area contributed by atoms with Gasteiger partial charge in [-0.3, -0.25) is 4.90 Å². The Morgan fingerprint density at radius 1 is 0.923 bits per heavy atom. The molecule has 1 aliphatic heterocycles. The summed E-state index contributed by atoms with van der Waals surface area (Å²) in [6, 6.07) is 7.18. The second-order valence-corrected chi connectivity index (χ2v) is 5.51. The maximum absolute atomic E-state index is 13.6.